The Morgan fingerprint density at radius 1 is 1.05 bits per heavy atom. The van der Waals surface area contributed by atoms with Crippen molar-refractivity contribution in [3.05, 3.63) is 54.2 Å². The molecule has 0 fully saturated rings. The number of rotatable bonds is 4. The van der Waals surface area contributed by atoms with Crippen LogP contribution in [0.25, 0.3) is 10.9 Å². The van der Waals surface area contributed by atoms with Gasteiger partial charge in [-0.2, -0.15) is 0 Å². The summed E-state index contributed by atoms with van der Waals surface area (Å²) in [5.41, 5.74) is 1.36. The van der Waals surface area contributed by atoms with Crippen molar-refractivity contribution in [2.75, 3.05) is 14.2 Å². The number of methoxy groups -OCH3 is 2. The number of para-hydroxylation sites is 2. The molecule has 1 aromatic heterocycles. The van der Waals surface area contributed by atoms with Crippen molar-refractivity contribution >= 4 is 28.6 Å². The van der Waals surface area contributed by atoms with Crippen LogP contribution in [-0.4, -0.2) is 25.2 Å². The Bertz CT molecular complexity index is 826. The van der Waals surface area contributed by atoms with E-state index in [4.69, 9.17) is 9.47 Å². The summed E-state index contributed by atoms with van der Waals surface area (Å²) in [6.45, 7) is 0. The zero-order valence-electron chi connectivity index (χ0n) is 12.3. The van der Waals surface area contributed by atoms with Crippen molar-refractivity contribution in [3.8, 4) is 5.75 Å². The van der Waals surface area contributed by atoms with E-state index in [1.165, 1.54) is 18.9 Å². The van der Waals surface area contributed by atoms with Crippen LogP contribution in [0.5, 0.6) is 5.75 Å². The van der Waals surface area contributed by atoms with Gasteiger partial charge in [-0.3, -0.25) is 0 Å². The van der Waals surface area contributed by atoms with Gasteiger partial charge in [0, 0.05) is 10.9 Å². The first-order chi connectivity index (χ1) is 10.7. The minimum absolute atomic E-state index is 0.381. The Kier molecular flexibility index (Phi) is 4.06. The third kappa shape index (κ3) is 2.55. The first-order valence-corrected chi connectivity index (χ1v) is 7.56. The van der Waals surface area contributed by atoms with Crippen LogP contribution in [0.3, 0.4) is 0 Å². The quantitative estimate of drug-likeness (QED) is 0.736. The lowest BCUT2D eigenvalue weighted by Crippen LogP contribution is -2.02. The molecular weight excluding hydrogens is 298 g/mol. The van der Waals surface area contributed by atoms with Crippen LogP contribution in [0, 0.1) is 0 Å². The van der Waals surface area contributed by atoms with Crippen molar-refractivity contribution in [1.82, 2.24) is 4.98 Å². The van der Waals surface area contributed by atoms with E-state index in [1.807, 2.05) is 48.5 Å². The first-order valence-electron chi connectivity index (χ1n) is 6.74. The highest BCUT2D eigenvalue weighted by molar-refractivity contribution is 7.99. The van der Waals surface area contributed by atoms with Gasteiger partial charge in [-0.1, -0.05) is 42.1 Å². The van der Waals surface area contributed by atoms with E-state index in [0.717, 1.165) is 26.4 Å². The third-order valence-corrected chi connectivity index (χ3v) is 4.51. The molecule has 3 rings (SSSR count). The topological polar surface area (TPSA) is 51.3 Å². The maximum absolute atomic E-state index is 12.1. The fourth-order valence-corrected chi connectivity index (χ4v) is 3.42. The Hall–Kier alpha value is -2.40. The molecular formula is C17H15NO3S. The summed E-state index contributed by atoms with van der Waals surface area (Å²) in [6, 6.07) is 15.5. The zero-order chi connectivity index (χ0) is 15.5. The van der Waals surface area contributed by atoms with Gasteiger partial charge in [-0.05, 0) is 18.2 Å². The molecule has 1 heterocycles. The van der Waals surface area contributed by atoms with Crippen LogP contribution in [0.15, 0.2) is 58.3 Å². The number of hydrogen-bond donors (Lipinski definition) is 1. The van der Waals surface area contributed by atoms with E-state index in [9.17, 15) is 4.79 Å². The molecule has 0 spiro atoms. The van der Waals surface area contributed by atoms with Crippen LogP contribution in [0.4, 0.5) is 0 Å². The third-order valence-electron chi connectivity index (χ3n) is 3.33. The average Bonchev–Trinajstić information content (AvgIpc) is 2.93. The number of ether oxygens (including phenoxy) is 2. The molecule has 0 unspecified atom stereocenters. The Morgan fingerprint density at radius 3 is 2.55 bits per heavy atom. The minimum atomic E-state index is -0.381. The van der Waals surface area contributed by atoms with Gasteiger partial charge in [0.1, 0.15) is 11.4 Å². The highest BCUT2D eigenvalue weighted by Gasteiger charge is 2.20. The number of carbonyl (C=O) groups is 1. The molecule has 0 aliphatic carbocycles. The minimum Gasteiger partial charge on any atom is -0.496 e. The number of hydrogen-bond acceptors (Lipinski definition) is 4. The number of aromatic amines is 1. The van der Waals surface area contributed by atoms with E-state index in [0.29, 0.717) is 5.69 Å². The van der Waals surface area contributed by atoms with Crippen LogP contribution in [0.2, 0.25) is 0 Å². The fourth-order valence-electron chi connectivity index (χ4n) is 2.28. The van der Waals surface area contributed by atoms with Gasteiger partial charge in [0.2, 0.25) is 0 Å². The fraction of sp³-hybridized carbons (Fsp3) is 0.118. The maximum atomic E-state index is 12.1. The van der Waals surface area contributed by atoms with E-state index in [2.05, 4.69) is 4.98 Å². The lowest BCUT2D eigenvalue weighted by atomic mass is 10.2. The molecule has 4 nitrogen and oxygen atoms in total. The summed E-state index contributed by atoms with van der Waals surface area (Å²) in [5.74, 6) is 0.391. The summed E-state index contributed by atoms with van der Waals surface area (Å²) in [6.07, 6.45) is 0. The molecule has 1 N–H and O–H groups in total. The van der Waals surface area contributed by atoms with Crippen LogP contribution < -0.4 is 4.74 Å². The normalized spacial score (nSPS) is 10.6. The van der Waals surface area contributed by atoms with Crippen molar-refractivity contribution in [2.24, 2.45) is 0 Å². The van der Waals surface area contributed by atoms with E-state index in [1.54, 1.807) is 7.11 Å². The van der Waals surface area contributed by atoms with Gasteiger partial charge in [0.15, 0.2) is 0 Å². The monoisotopic (exact) mass is 313 g/mol. The number of aromatic nitrogens is 1. The molecule has 0 aliphatic rings. The molecule has 0 saturated carbocycles. The number of carbonyl (C=O) groups excluding carboxylic acids is 1. The maximum Gasteiger partial charge on any atom is 0.355 e. The lowest BCUT2D eigenvalue weighted by molar-refractivity contribution is 0.0591. The second kappa shape index (κ2) is 6.15. The lowest BCUT2D eigenvalue weighted by Gasteiger charge is -2.08. The van der Waals surface area contributed by atoms with E-state index >= 15 is 0 Å². The molecule has 0 radical (unpaired) electrons. The summed E-state index contributed by atoms with van der Waals surface area (Å²) in [5, 5.41) is 0.985. The molecule has 0 amide bonds. The highest BCUT2D eigenvalue weighted by Crippen LogP contribution is 2.40. The van der Waals surface area contributed by atoms with Gasteiger partial charge in [0.05, 0.1) is 24.0 Å². The van der Waals surface area contributed by atoms with Gasteiger partial charge >= 0.3 is 5.97 Å². The molecule has 5 heteroatoms. The predicted octanol–water partition coefficient (Wildman–Crippen LogP) is 4.11. The number of H-pyrrole nitrogens is 1. The Balaban J connectivity index is 2.14. The van der Waals surface area contributed by atoms with Gasteiger partial charge in [-0.15, -0.1) is 0 Å². The van der Waals surface area contributed by atoms with Crippen molar-refractivity contribution in [1.29, 1.82) is 0 Å². The molecule has 0 atom stereocenters. The second-order valence-corrected chi connectivity index (χ2v) is 5.67. The summed E-state index contributed by atoms with van der Waals surface area (Å²) < 4.78 is 10.3. The number of esters is 1. The largest absolute Gasteiger partial charge is 0.496 e. The van der Waals surface area contributed by atoms with Gasteiger partial charge < -0.3 is 14.5 Å². The van der Waals surface area contributed by atoms with E-state index in [-0.39, 0.29) is 5.97 Å². The van der Waals surface area contributed by atoms with Gasteiger partial charge in [-0.25, -0.2) is 4.79 Å². The smallest absolute Gasteiger partial charge is 0.355 e. The Morgan fingerprint density at radius 2 is 1.77 bits per heavy atom. The van der Waals surface area contributed by atoms with Crippen molar-refractivity contribution in [2.45, 2.75) is 9.79 Å². The van der Waals surface area contributed by atoms with Crippen LogP contribution in [-0.2, 0) is 4.74 Å². The zero-order valence-corrected chi connectivity index (χ0v) is 13.1. The van der Waals surface area contributed by atoms with Crippen LogP contribution in [0.1, 0.15) is 10.5 Å². The molecule has 3 aromatic rings. The van der Waals surface area contributed by atoms with Crippen LogP contribution >= 0.6 is 11.8 Å². The predicted molar refractivity (Wildman–Crippen MR) is 86.8 cm³/mol. The molecule has 0 aliphatic heterocycles. The molecule has 0 bridgehead atoms. The number of benzene rings is 2. The van der Waals surface area contributed by atoms with E-state index < -0.39 is 0 Å². The standard InChI is InChI=1S/C17H15NO3S/c1-20-13-9-5-6-10-14(13)22-16-11-7-3-4-8-12(11)18-15(16)17(19)21-2/h3-10,18H,1-2H3. The number of nitrogens with one attached hydrogen (secondary N) is 1. The molecule has 112 valence electrons. The number of fused-ring (bicyclic) bond motifs is 1. The van der Waals surface area contributed by atoms with Gasteiger partial charge in [0.25, 0.3) is 0 Å². The molecule has 2 aromatic carbocycles. The molecule has 0 saturated heterocycles. The summed E-state index contributed by atoms with van der Waals surface area (Å²) in [7, 11) is 3.02. The first kappa shape index (κ1) is 14.5. The Labute approximate surface area is 132 Å². The SMILES string of the molecule is COC(=O)c1[nH]c2ccccc2c1Sc1ccccc1OC. The average molecular weight is 313 g/mol. The summed E-state index contributed by atoms with van der Waals surface area (Å²) >= 11 is 1.49. The summed E-state index contributed by atoms with van der Waals surface area (Å²) in [4.78, 5) is 17.0. The second-order valence-electron chi connectivity index (χ2n) is 4.62. The van der Waals surface area contributed by atoms with Crippen molar-refractivity contribution in [3.63, 3.8) is 0 Å². The molecule has 22 heavy (non-hydrogen) atoms. The van der Waals surface area contributed by atoms with Crippen molar-refractivity contribution < 1.29 is 14.3 Å². The highest BCUT2D eigenvalue weighted by atomic mass is 32.2.